The molecule has 0 aromatic carbocycles. The van der Waals surface area contributed by atoms with Crippen LogP contribution in [0.5, 0.6) is 0 Å². The lowest BCUT2D eigenvalue weighted by Crippen LogP contribution is -2.36. The summed E-state index contributed by atoms with van der Waals surface area (Å²) in [5, 5.41) is 10.2. The lowest BCUT2D eigenvalue weighted by Gasteiger charge is -2.33. The zero-order valence-electron chi connectivity index (χ0n) is 11.3. The summed E-state index contributed by atoms with van der Waals surface area (Å²) in [6.45, 7) is 11.6. The van der Waals surface area contributed by atoms with Crippen molar-refractivity contribution in [1.82, 2.24) is 0 Å². The number of hydrogen-bond donors (Lipinski definition) is 1. The minimum Gasteiger partial charge on any atom is -0.393 e. The fraction of sp³-hybridized carbons (Fsp3) is 1.00. The molecule has 0 bridgehead atoms. The lowest BCUT2D eigenvalue weighted by atomic mass is 10.0. The molecule has 0 aliphatic heterocycles. The summed E-state index contributed by atoms with van der Waals surface area (Å²) < 4.78 is 0. The third kappa shape index (κ3) is 6.36. The molecule has 0 amide bonds. The van der Waals surface area contributed by atoms with E-state index in [0.29, 0.717) is 5.54 Å². The Morgan fingerprint density at radius 3 is 1.80 bits per heavy atom. The van der Waals surface area contributed by atoms with Crippen molar-refractivity contribution >= 4 is 8.07 Å². The highest BCUT2D eigenvalue weighted by Crippen LogP contribution is 2.33. The minimum absolute atomic E-state index is 0.0387. The normalized spacial score (nSPS) is 16.4. The average Bonchev–Trinajstić information content (AvgIpc) is 2.13. The van der Waals surface area contributed by atoms with Gasteiger partial charge in [-0.2, -0.15) is 0 Å². The maximum absolute atomic E-state index is 10.2. The van der Waals surface area contributed by atoms with E-state index in [1.165, 1.54) is 32.1 Å². The zero-order valence-corrected chi connectivity index (χ0v) is 12.3. The van der Waals surface area contributed by atoms with Gasteiger partial charge >= 0.3 is 0 Å². The maximum atomic E-state index is 10.2. The molecule has 0 radical (unpaired) electrons. The van der Waals surface area contributed by atoms with Gasteiger partial charge in [0.15, 0.2) is 0 Å². The Bertz CT molecular complexity index is 151. The molecule has 0 saturated heterocycles. The van der Waals surface area contributed by atoms with Crippen LogP contribution in [-0.2, 0) is 0 Å². The molecule has 1 nitrogen and oxygen atoms in total. The van der Waals surface area contributed by atoms with Crippen LogP contribution in [0.4, 0.5) is 0 Å². The van der Waals surface area contributed by atoms with Crippen molar-refractivity contribution in [2.24, 2.45) is 0 Å². The number of aliphatic hydroxyl groups excluding tert-OH is 1. The Balaban J connectivity index is 4.21. The molecule has 0 spiro atoms. The molecule has 0 aromatic heterocycles. The molecule has 92 valence electrons. The molecule has 2 atom stereocenters. The molecule has 0 saturated carbocycles. The summed E-state index contributed by atoms with van der Waals surface area (Å²) in [5.41, 5.74) is 0.601. The molecule has 15 heavy (non-hydrogen) atoms. The topological polar surface area (TPSA) is 20.2 Å². The van der Waals surface area contributed by atoms with Gasteiger partial charge in [-0.15, -0.1) is 0 Å². The highest BCUT2D eigenvalue weighted by Gasteiger charge is 2.31. The predicted octanol–water partition coefficient (Wildman–Crippen LogP) is 4.44. The third-order valence-electron chi connectivity index (χ3n) is 3.30. The molecule has 0 rings (SSSR count). The standard InChI is InChI=1S/C13H30OSi/c1-6-8-10-12(14)13(11-9-7-2)15(3,4)5/h12-14H,6-11H2,1-5H3/t12-,13+/m1/s1. The molecule has 0 heterocycles. The first-order chi connectivity index (χ1) is 6.93. The number of aliphatic hydroxyl groups is 1. The summed E-state index contributed by atoms with van der Waals surface area (Å²) in [5.74, 6) is 0. The van der Waals surface area contributed by atoms with Crippen LogP contribution >= 0.6 is 0 Å². The molecule has 0 aromatic rings. The van der Waals surface area contributed by atoms with Crippen molar-refractivity contribution in [2.75, 3.05) is 0 Å². The Morgan fingerprint density at radius 2 is 1.40 bits per heavy atom. The predicted molar refractivity (Wildman–Crippen MR) is 72.2 cm³/mol. The molecule has 0 aliphatic rings. The molecule has 0 unspecified atom stereocenters. The monoisotopic (exact) mass is 230 g/mol. The van der Waals surface area contributed by atoms with Crippen LogP contribution in [0, 0.1) is 0 Å². The van der Waals surface area contributed by atoms with Crippen LogP contribution in [-0.4, -0.2) is 19.3 Å². The van der Waals surface area contributed by atoms with Gasteiger partial charge in [-0.3, -0.25) is 0 Å². The summed E-state index contributed by atoms with van der Waals surface area (Å²) >= 11 is 0. The van der Waals surface area contributed by atoms with Gasteiger partial charge in [0.1, 0.15) is 0 Å². The first kappa shape index (κ1) is 15.2. The highest BCUT2D eigenvalue weighted by molar-refractivity contribution is 6.77. The van der Waals surface area contributed by atoms with Gasteiger partial charge < -0.3 is 5.11 Å². The molecule has 0 aliphatic carbocycles. The molecular weight excluding hydrogens is 200 g/mol. The van der Waals surface area contributed by atoms with Crippen LogP contribution < -0.4 is 0 Å². The van der Waals surface area contributed by atoms with Crippen LogP contribution in [0.2, 0.25) is 25.2 Å². The van der Waals surface area contributed by atoms with Gasteiger partial charge in [0, 0.05) is 0 Å². The molecule has 0 fully saturated rings. The van der Waals surface area contributed by atoms with Crippen LogP contribution in [0.15, 0.2) is 0 Å². The van der Waals surface area contributed by atoms with E-state index in [9.17, 15) is 5.11 Å². The van der Waals surface area contributed by atoms with Crippen LogP contribution in [0.25, 0.3) is 0 Å². The number of unbranched alkanes of at least 4 members (excludes halogenated alkanes) is 2. The highest BCUT2D eigenvalue weighted by atomic mass is 28.3. The van der Waals surface area contributed by atoms with E-state index >= 15 is 0 Å². The Morgan fingerprint density at radius 1 is 0.933 bits per heavy atom. The van der Waals surface area contributed by atoms with E-state index in [0.717, 1.165) is 6.42 Å². The van der Waals surface area contributed by atoms with E-state index in [-0.39, 0.29) is 6.10 Å². The van der Waals surface area contributed by atoms with Crippen molar-refractivity contribution in [3.63, 3.8) is 0 Å². The van der Waals surface area contributed by atoms with Crippen molar-refractivity contribution in [3.8, 4) is 0 Å². The quantitative estimate of drug-likeness (QED) is 0.611. The van der Waals surface area contributed by atoms with Crippen LogP contribution in [0.3, 0.4) is 0 Å². The lowest BCUT2D eigenvalue weighted by molar-refractivity contribution is 0.145. The van der Waals surface area contributed by atoms with E-state index in [4.69, 9.17) is 0 Å². The molecular formula is C13H30OSi. The van der Waals surface area contributed by atoms with E-state index in [1.807, 2.05) is 0 Å². The second-order valence-corrected chi connectivity index (χ2v) is 11.3. The first-order valence-electron chi connectivity index (χ1n) is 6.61. The number of rotatable bonds is 8. The second kappa shape index (κ2) is 7.45. The van der Waals surface area contributed by atoms with Gasteiger partial charge in [0.25, 0.3) is 0 Å². The SMILES string of the molecule is CCCC[C@@H](O)[C@H](CCCC)[Si](C)(C)C. The van der Waals surface area contributed by atoms with E-state index in [1.54, 1.807) is 0 Å². The van der Waals surface area contributed by atoms with E-state index < -0.39 is 8.07 Å². The summed E-state index contributed by atoms with van der Waals surface area (Å²) in [4.78, 5) is 0. The van der Waals surface area contributed by atoms with Gasteiger partial charge in [-0.05, 0) is 12.0 Å². The molecule has 1 N–H and O–H groups in total. The second-order valence-electron chi connectivity index (χ2n) is 5.82. The smallest absolute Gasteiger partial charge is 0.0544 e. The van der Waals surface area contributed by atoms with Crippen LogP contribution in [0.1, 0.15) is 52.4 Å². The van der Waals surface area contributed by atoms with Gasteiger partial charge in [0.05, 0.1) is 14.2 Å². The first-order valence-corrected chi connectivity index (χ1v) is 10.2. The van der Waals surface area contributed by atoms with Crippen molar-refractivity contribution in [1.29, 1.82) is 0 Å². The Kier molecular flexibility index (Phi) is 7.54. The summed E-state index contributed by atoms with van der Waals surface area (Å²) in [7, 11) is -1.19. The minimum atomic E-state index is -1.19. The number of hydrogen-bond acceptors (Lipinski definition) is 1. The average molecular weight is 230 g/mol. The van der Waals surface area contributed by atoms with E-state index in [2.05, 4.69) is 33.5 Å². The maximum Gasteiger partial charge on any atom is 0.0544 e. The van der Waals surface area contributed by atoms with Crippen molar-refractivity contribution in [3.05, 3.63) is 0 Å². The Hall–Kier alpha value is 0.177. The van der Waals surface area contributed by atoms with Gasteiger partial charge in [0.2, 0.25) is 0 Å². The third-order valence-corrected chi connectivity index (χ3v) is 6.20. The van der Waals surface area contributed by atoms with Gasteiger partial charge in [-0.1, -0.05) is 65.6 Å². The van der Waals surface area contributed by atoms with Crippen molar-refractivity contribution in [2.45, 2.75) is 83.7 Å². The summed E-state index contributed by atoms with van der Waals surface area (Å²) in [6.07, 6.45) is 7.10. The molecule has 2 heteroatoms. The fourth-order valence-electron chi connectivity index (χ4n) is 2.24. The fourth-order valence-corrected chi connectivity index (χ4v) is 4.63. The zero-order chi connectivity index (χ0) is 11.9. The summed E-state index contributed by atoms with van der Waals surface area (Å²) in [6, 6.07) is 0. The Labute approximate surface area is 97.3 Å². The van der Waals surface area contributed by atoms with Gasteiger partial charge in [-0.25, -0.2) is 0 Å². The van der Waals surface area contributed by atoms with Crippen molar-refractivity contribution < 1.29 is 5.11 Å². The largest absolute Gasteiger partial charge is 0.393 e.